The van der Waals surface area contributed by atoms with Crippen LogP contribution in [-0.2, 0) is 23.2 Å². The highest BCUT2D eigenvalue weighted by Crippen LogP contribution is 2.70. The van der Waals surface area contributed by atoms with E-state index in [1.807, 2.05) is 60.7 Å². The predicted octanol–water partition coefficient (Wildman–Crippen LogP) is 23.0. The van der Waals surface area contributed by atoms with E-state index in [1.54, 1.807) is 12.1 Å². The molecule has 2 heterocycles. The minimum absolute atomic E-state index is 0.0672. The monoisotopic (exact) mass is 1140 g/mol. The van der Waals surface area contributed by atoms with Gasteiger partial charge in [0.25, 0.3) is 0 Å². The number of fused-ring (bicyclic) bond motifs is 15. The molecule has 14 rings (SSSR count). The molecule has 3 aliphatic carbocycles. The normalized spacial score (nSPS) is 17.7. The van der Waals surface area contributed by atoms with Gasteiger partial charge in [-0.25, -0.2) is 0 Å². The Balaban J connectivity index is 1.09. The van der Waals surface area contributed by atoms with Gasteiger partial charge in [0.15, 0.2) is 0 Å². The van der Waals surface area contributed by atoms with Crippen LogP contribution >= 0.6 is 22.7 Å². The molecule has 83 heavy (non-hydrogen) atoms. The van der Waals surface area contributed by atoms with Crippen LogP contribution in [0, 0.1) is 11.3 Å². The highest BCUT2D eigenvalue weighted by atomic mass is 32.1. The van der Waals surface area contributed by atoms with Crippen molar-refractivity contribution in [2.75, 3.05) is 9.80 Å². The van der Waals surface area contributed by atoms with Crippen LogP contribution in [0.2, 0.25) is 0 Å². The zero-order chi connectivity index (χ0) is 57.7. The first-order valence-electron chi connectivity index (χ1n) is 28.3. The zero-order valence-corrected chi connectivity index (χ0v) is 48.5. The standard InChI is InChI=1S/C73H58F6N2S2/c1-42(2)46-20-8-12-30-60(46)80(62-32-18-24-50-48-22-16-28-58(72(74,75)76)65(48)82-67(50)62)44-35-37-54-52(40-44)53-41-45(36-38-55(53)71(54)57-27-11-10-26-56(57)69(5,6)70(7)39-15-14-34-64(70)71)81(61-31-13-9-21-47(61)43(3)4)63-33-19-25-51-49-23-17-29-59(73(77,78)79)66(49)83-68(51)63/h8-43,64H,1-7H3. The molecule has 3 aliphatic rings. The van der Waals surface area contributed by atoms with Crippen molar-refractivity contribution in [1.82, 2.24) is 0 Å². The Bertz CT molecular complexity index is 4290. The number of hydrogen-bond donors (Lipinski definition) is 0. The molecule has 2 aromatic heterocycles. The third kappa shape index (κ3) is 7.67. The molecule has 2 atom stereocenters. The Labute approximate surface area is 487 Å². The molecule has 0 aliphatic heterocycles. The van der Waals surface area contributed by atoms with E-state index in [4.69, 9.17) is 0 Å². The van der Waals surface area contributed by atoms with Crippen molar-refractivity contribution < 1.29 is 26.3 Å². The molecular formula is C73H58F6N2S2. The fraction of sp³-hybridized carbons (Fsp3) is 0.205. The highest BCUT2D eigenvalue weighted by Gasteiger charge is 2.63. The number of allylic oxidation sites excluding steroid dienone is 4. The first kappa shape index (κ1) is 53.1. The molecule has 1 spiro atoms. The summed E-state index contributed by atoms with van der Waals surface area (Å²) in [5.74, 6) is 0.107. The van der Waals surface area contributed by atoms with Crippen molar-refractivity contribution in [3.8, 4) is 11.1 Å². The molecule has 0 N–H and O–H groups in total. The highest BCUT2D eigenvalue weighted by molar-refractivity contribution is 7.27. The second-order valence-corrected chi connectivity index (χ2v) is 26.0. The van der Waals surface area contributed by atoms with Crippen molar-refractivity contribution in [3.63, 3.8) is 0 Å². The van der Waals surface area contributed by atoms with Gasteiger partial charge in [-0.15, -0.1) is 22.7 Å². The van der Waals surface area contributed by atoms with Crippen molar-refractivity contribution in [2.45, 2.75) is 83.5 Å². The van der Waals surface area contributed by atoms with E-state index in [0.717, 1.165) is 87.7 Å². The number of hydrogen-bond acceptors (Lipinski definition) is 4. The van der Waals surface area contributed by atoms with Crippen LogP contribution in [0.15, 0.2) is 206 Å². The van der Waals surface area contributed by atoms with Gasteiger partial charge in [0.2, 0.25) is 0 Å². The van der Waals surface area contributed by atoms with Crippen LogP contribution in [-0.4, -0.2) is 0 Å². The van der Waals surface area contributed by atoms with Crippen LogP contribution in [0.25, 0.3) is 51.5 Å². The van der Waals surface area contributed by atoms with Gasteiger partial charge in [-0.1, -0.05) is 194 Å². The van der Waals surface area contributed by atoms with Crippen LogP contribution in [0.3, 0.4) is 0 Å². The smallest absolute Gasteiger partial charge is 0.309 e. The lowest BCUT2D eigenvalue weighted by molar-refractivity contribution is -0.137. The van der Waals surface area contributed by atoms with Gasteiger partial charge in [0.1, 0.15) is 0 Å². The number of halogens is 6. The van der Waals surface area contributed by atoms with E-state index < -0.39 is 28.9 Å². The number of para-hydroxylation sites is 2. The molecule has 9 aromatic carbocycles. The number of alkyl halides is 6. The van der Waals surface area contributed by atoms with Crippen molar-refractivity contribution in [3.05, 3.63) is 251 Å². The van der Waals surface area contributed by atoms with Crippen LogP contribution in [0.5, 0.6) is 0 Å². The van der Waals surface area contributed by atoms with Gasteiger partial charge in [0.05, 0.1) is 37.3 Å². The first-order valence-corrected chi connectivity index (χ1v) is 29.9. The molecule has 2 nitrogen and oxygen atoms in total. The van der Waals surface area contributed by atoms with Crippen molar-refractivity contribution in [1.29, 1.82) is 0 Å². The second kappa shape index (κ2) is 18.8. The van der Waals surface area contributed by atoms with Gasteiger partial charge in [-0.2, -0.15) is 26.3 Å². The van der Waals surface area contributed by atoms with Crippen LogP contribution in [0.1, 0.15) is 105 Å². The lowest BCUT2D eigenvalue weighted by Gasteiger charge is -2.60. The molecule has 0 fully saturated rings. The fourth-order valence-corrected chi connectivity index (χ4v) is 17.3. The van der Waals surface area contributed by atoms with E-state index in [2.05, 4.69) is 167 Å². The molecular weight excluding hydrogens is 1080 g/mol. The molecule has 0 saturated heterocycles. The zero-order valence-electron chi connectivity index (χ0n) is 46.8. The van der Waals surface area contributed by atoms with E-state index in [0.29, 0.717) is 10.8 Å². The third-order valence-electron chi connectivity index (χ3n) is 18.7. The third-order valence-corrected chi connectivity index (χ3v) is 21.3. The predicted molar refractivity (Wildman–Crippen MR) is 334 cm³/mol. The largest absolute Gasteiger partial charge is 0.417 e. The van der Waals surface area contributed by atoms with E-state index in [1.165, 1.54) is 58.1 Å². The molecule has 0 saturated carbocycles. The Morgan fingerprint density at radius 2 is 0.831 bits per heavy atom. The first-order chi connectivity index (χ1) is 39.7. The Kier molecular flexibility index (Phi) is 12.0. The van der Waals surface area contributed by atoms with Gasteiger partial charge in [-0.3, -0.25) is 0 Å². The second-order valence-electron chi connectivity index (χ2n) is 23.9. The maximum atomic E-state index is 14.9. The molecule has 10 heteroatoms. The summed E-state index contributed by atoms with van der Waals surface area (Å²) in [4.78, 5) is 4.51. The molecule has 0 bridgehead atoms. The minimum Gasteiger partial charge on any atom is -0.309 e. The number of anilines is 6. The SMILES string of the molecule is CC(C)c1ccccc1N(c1ccc2c(c1)-c1cc(N(c3ccccc3C(C)C)c3cccc4c3sc3c(C(F)(F)F)cccc34)ccc1C21c2ccccc2C(C)(C)C2(C)C=CC=CC12)c1cccc2c1sc1c(C(F)(F)F)cccc12. The van der Waals surface area contributed by atoms with Gasteiger partial charge in [0, 0.05) is 65.0 Å². The van der Waals surface area contributed by atoms with Gasteiger partial charge >= 0.3 is 12.4 Å². The Hall–Kier alpha value is -7.92. The topological polar surface area (TPSA) is 6.48 Å². The number of benzene rings is 9. The molecule has 2 unspecified atom stereocenters. The van der Waals surface area contributed by atoms with E-state index in [9.17, 15) is 26.3 Å². The van der Waals surface area contributed by atoms with Gasteiger partial charge < -0.3 is 9.80 Å². The quantitative estimate of drug-likeness (QED) is 0.140. The number of nitrogens with zero attached hydrogens (tertiary/aromatic N) is 2. The molecule has 11 aromatic rings. The summed E-state index contributed by atoms with van der Waals surface area (Å²) < 4.78 is 91.2. The maximum Gasteiger partial charge on any atom is 0.417 e. The summed E-state index contributed by atoms with van der Waals surface area (Å²) in [6.45, 7) is 15.8. The number of thiophene rings is 2. The molecule has 0 amide bonds. The summed E-state index contributed by atoms with van der Waals surface area (Å²) in [5.41, 5.74) is 11.3. The maximum absolute atomic E-state index is 14.9. The summed E-state index contributed by atoms with van der Waals surface area (Å²) in [7, 11) is 0. The minimum atomic E-state index is -4.55. The molecule has 414 valence electrons. The van der Waals surface area contributed by atoms with Gasteiger partial charge in [-0.05, 0) is 122 Å². The average Bonchev–Trinajstić information content (AvgIpc) is 1.67. The van der Waals surface area contributed by atoms with Crippen LogP contribution in [0.4, 0.5) is 60.5 Å². The lowest BCUT2D eigenvalue weighted by Crippen LogP contribution is -2.57. The van der Waals surface area contributed by atoms with Crippen molar-refractivity contribution in [2.24, 2.45) is 11.3 Å². The molecule has 0 radical (unpaired) electrons. The number of rotatable bonds is 8. The van der Waals surface area contributed by atoms with Crippen LogP contribution < -0.4 is 9.80 Å². The summed E-state index contributed by atoms with van der Waals surface area (Å²) in [6, 6.07) is 60.0. The Morgan fingerprint density at radius 3 is 1.29 bits per heavy atom. The summed E-state index contributed by atoms with van der Waals surface area (Å²) in [6.07, 6.45) is 0.0913. The van der Waals surface area contributed by atoms with E-state index in [-0.39, 0.29) is 38.0 Å². The fourth-order valence-electron chi connectivity index (χ4n) is 14.6. The Morgan fingerprint density at radius 1 is 0.422 bits per heavy atom. The summed E-state index contributed by atoms with van der Waals surface area (Å²) >= 11 is 2.36. The average molecular weight is 1140 g/mol. The van der Waals surface area contributed by atoms with Crippen molar-refractivity contribution >= 4 is 97.1 Å². The van der Waals surface area contributed by atoms with E-state index >= 15 is 0 Å². The summed E-state index contributed by atoms with van der Waals surface area (Å²) in [5, 5.41) is 2.61. The lowest BCUT2D eigenvalue weighted by atomic mass is 9.42.